The van der Waals surface area contributed by atoms with Crippen molar-refractivity contribution in [2.24, 2.45) is 0 Å². The number of hydrogen-bond acceptors (Lipinski definition) is 2. The van der Waals surface area contributed by atoms with Crippen LogP contribution in [0, 0.1) is 0 Å². The first-order valence-corrected chi connectivity index (χ1v) is 4.82. The molecule has 88 valence electrons. The molecule has 0 radical (unpaired) electrons. The summed E-state index contributed by atoms with van der Waals surface area (Å²) < 4.78 is 41.4. The van der Waals surface area contributed by atoms with Gasteiger partial charge >= 0.3 is 6.18 Å². The van der Waals surface area contributed by atoms with E-state index in [-0.39, 0.29) is 12.7 Å². The summed E-state index contributed by atoms with van der Waals surface area (Å²) in [5, 5.41) is 8.76. The lowest BCUT2D eigenvalue weighted by molar-refractivity contribution is -0.0916. The number of hydrogen-bond donors (Lipinski definition) is 1. The summed E-state index contributed by atoms with van der Waals surface area (Å²) in [5.41, 5.74) is -1.01. The van der Waals surface area contributed by atoms with Crippen molar-refractivity contribution in [2.75, 3.05) is 6.61 Å². The molecule has 1 aliphatic rings. The van der Waals surface area contributed by atoms with Crippen LogP contribution in [-0.2, 0) is 4.74 Å². The van der Waals surface area contributed by atoms with Crippen molar-refractivity contribution in [1.29, 1.82) is 0 Å². The maximum absolute atomic E-state index is 12.1. The number of allylic oxidation sites excluding steroid dienone is 2. The molecule has 1 fully saturated rings. The summed E-state index contributed by atoms with van der Waals surface area (Å²) in [7, 11) is 0. The molecule has 0 unspecified atom stereocenters. The van der Waals surface area contributed by atoms with E-state index in [4.69, 9.17) is 9.84 Å². The van der Waals surface area contributed by atoms with Gasteiger partial charge in [0, 0.05) is 5.57 Å². The lowest BCUT2D eigenvalue weighted by atomic mass is 10.0. The standard InChI is InChI=1S/C10H15F3O2/c1-7(10(11,12)13)4-3-5-9(2)8(6-14)15-9/h4,8,14H,3,5-6H2,1-2H3/b7-4-/t8-,9-/m1/s1. The van der Waals surface area contributed by atoms with Gasteiger partial charge in [-0.25, -0.2) is 0 Å². The van der Waals surface area contributed by atoms with Crippen LogP contribution in [0.3, 0.4) is 0 Å². The Morgan fingerprint density at radius 1 is 1.53 bits per heavy atom. The monoisotopic (exact) mass is 224 g/mol. The summed E-state index contributed by atoms with van der Waals surface area (Å²) in [6.45, 7) is 2.78. The van der Waals surface area contributed by atoms with Crippen molar-refractivity contribution in [3.8, 4) is 0 Å². The van der Waals surface area contributed by atoms with Crippen molar-refractivity contribution in [3.63, 3.8) is 0 Å². The van der Waals surface area contributed by atoms with Crippen LogP contribution >= 0.6 is 0 Å². The average molecular weight is 224 g/mol. The first-order valence-electron chi connectivity index (χ1n) is 4.82. The average Bonchev–Trinajstić information content (AvgIpc) is 2.75. The molecule has 1 saturated heterocycles. The minimum absolute atomic E-state index is 0.0710. The van der Waals surface area contributed by atoms with Crippen molar-refractivity contribution in [1.82, 2.24) is 0 Å². The van der Waals surface area contributed by atoms with Gasteiger partial charge in [-0.1, -0.05) is 6.08 Å². The zero-order valence-electron chi connectivity index (χ0n) is 8.77. The summed E-state index contributed by atoms with van der Waals surface area (Å²) in [5.74, 6) is 0. The van der Waals surface area contributed by atoms with E-state index in [0.29, 0.717) is 12.8 Å². The van der Waals surface area contributed by atoms with Crippen LogP contribution in [0.4, 0.5) is 13.2 Å². The van der Waals surface area contributed by atoms with Crippen LogP contribution in [0.2, 0.25) is 0 Å². The highest BCUT2D eigenvalue weighted by molar-refractivity contribution is 5.07. The molecule has 1 rings (SSSR count). The predicted molar refractivity (Wildman–Crippen MR) is 49.4 cm³/mol. The molecule has 0 aromatic rings. The zero-order chi connectivity index (χ0) is 11.7. The normalized spacial score (nSPS) is 31.9. The molecule has 5 heteroatoms. The summed E-state index contributed by atoms with van der Waals surface area (Å²) in [4.78, 5) is 0. The van der Waals surface area contributed by atoms with Crippen LogP contribution in [0.15, 0.2) is 11.6 Å². The predicted octanol–water partition coefficient (Wildman–Crippen LogP) is 2.43. The fourth-order valence-corrected chi connectivity index (χ4v) is 1.43. The SMILES string of the molecule is C/C(=C/CC[C@@]1(C)O[C@@H]1CO)C(F)(F)F. The van der Waals surface area contributed by atoms with Crippen LogP contribution < -0.4 is 0 Å². The van der Waals surface area contributed by atoms with Crippen molar-refractivity contribution >= 4 is 0 Å². The molecule has 1 N–H and O–H groups in total. The van der Waals surface area contributed by atoms with Crippen molar-refractivity contribution in [3.05, 3.63) is 11.6 Å². The van der Waals surface area contributed by atoms with E-state index >= 15 is 0 Å². The molecule has 0 spiro atoms. The Morgan fingerprint density at radius 3 is 2.53 bits per heavy atom. The highest BCUT2D eigenvalue weighted by Crippen LogP contribution is 2.40. The van der Waals surface area contributed by atoms with E-state index in [1.807, 2.05) is 0 Å². The Balaban J connectivity index is 2.34. The van der Waals surface area contributed by atoms with E-state index in [1.54, 1.807) is 6.92 Å². The maximum Gasteiger partial charge on any atom is 0.412 e. The Labute approximate surface area is 86.7 Å². The van der Waals surface area contributed by atoms with Crippen LogP contribution in [0.5, 0.6) is 0 Å². The molecular weight excluding hydrogens is 209 g/mol. The van der Waals surface area contributed by atoms with E-state index in [1.165, 1.54) is 6.08 Å². The van der Waals surface area contributed by atoms with Gasteiger partial charge in [-0.3, -0.25) is 0 Å². The molecule has 2 atom stereocenters. The number of rotatable bonds is 4. The van der Waals surface area contributed by atoms with Gasteiger partial charge in [-0.15, -0.1) is 0 Å². The molecule has 0 saturated carbocycles. The van der Waals surface area contributed by atoms with Crippen molar-refractivity contribution in [2.45, 2.75) is 44.6 Å². The molecule has 1 heterocycles. The third-order valence-corrected chi connectivity index (χ3v) is 2.74. The number of epoxide rings is 1. The topological polar surface area (TPSA) is 32.8 Å². The maximum atomic E-state index is 12.1. The molecular formula is C10H15F3O2. The fourth-order valence-electron chi connectivity index (χ4n) is 1.43. The number of alkyl halides is 3. The Hall–Kier alpha value is -0.550. The molecule has 0 amide bonds. The van der Waals surface area contributed by atoms with Gasteiger partial charge in [0.1, 0.15) is 6.10 Å². The third-order valence-electron chi connectivity index (χ3n) is 2.74. The minimum Gasteiger partial charge on any atom is -0.394 e. The quantitative estimate of drug-likeness (QED) is 0.587. The van der Waals surface area contributed by atoms with Gasteiger partial charge < -0.3 is 9.84 Å². The number of aliphatic hydroxyl groups is 1. The van der Waals surface area contributed by atoms with Crippen LogP contribution in [0.25, 0.3) is 0 Å². The van der Waals surface area contributed by atoms with Crippen molar-refractivity contribution < 1.29 is 23.0 Å². The van der Waals surface area contributed by atoms with Crippen LogP contribution in [-0.4, -0.2) is 29.6 Å². The first kappa shape index (κ1) is 12.5. The van der Waals surface area contributed by atoms with Gasteiger partial charge in [0.25, 0.3) is 0 Å². The Kier molecular flexibility index (Phi) is 3.45. The largest absolute Gasteiger partial charge is 0.412 e. The van der Waals surface area contributed by atoms with Gasteiger partial charge in [-0.2, -0.15) is 13.2 Å². The summed E-state index contributed by atoms with van der Waals surface area (Å²) in [6.07, 6.45) is -2.45. The Bertz CT molecular complexity index is 260. The van der Waals surface area contributed by atoms with Gasteiger partial charge in [-0.05, 0) is 26.7 Å². The fraction of sp³-hybridized carbons (Fsp3) is 0.800. The zero-order valence-corrected chi connectivity index (χ0v) is 8.77. The molecule has 1 aliphatic heterocycles. The second-order valence-corrected chi connectivity index (χ2v) is 4.03. The molecule has 0 aromatic heterocycles. The van der Waals surface area contributed by atoms with E-state index < -0.39 is 17.4 Å². The first-order chi connectivity index (χ1) is 6.79. The molecule has 2 nitrogen and oxygen atoms in total. The second kappa shape index (κ2) is 4.14. The van der Waals surface area contributed by atoms with E-state index in [0.717, 1.165) is 6.92 Å². The van der Waals surface area contributed by atoms with Crippen LogP contribution in [0.1, 0.15) is 26.7 Å². The molecule has 15 heavy (non-hydrogen) atoms. The smallest absolute Gasteiger partial charge is 0.394 e. The second-order valence-electron chi connectivity index (χ2n) is 4.03. The minimum atomic E-state index is -4.23. The summed E-state index contributed by atoms with van der Waals surface area (Å²) in [6, 6.07) is 0. The molecule has 0 aliphatic carbocycles. The Morgan fingerprint density at radius 2 is 2.13 bits per heavy atom. The lowest BCUT2D eigenvalue weighted by Crippen LogP contribution is -2.13. The third kappa shape index (κ3) is 3.21. The number of ether oxygens (including phenoxy) is 1. The van der Waals surface area contributed by atoms with E-state index in [9.17, 15) is 13.2 Å². The van der Waals surface area contributed by atoms with E-state index in [2.05, 4.69) is 0 Å². The molecule has 0 bridgehead atoms. The van der Waals surface area contributed by atoms with Gasteiger partial charge in [0.15, 0.2) is 0 Å². The lowest BCUT2D eigenvalue weighted by Gasteiger charge is -2.07. The summed E-state index contributed by atoms with van der Waals surface area (Å²) >= 11 is 0. The number of aliphatic hydroxyl groups excluding tert-OH is 1. The highest BCUT2D eigenvalue weighted by atomic mass is 19.4. The number of halogens is 3. The highest BCUT2D eigenvalue weighted by Gasteiger charge is 2.50. The van der Waals surface area contributed by atoms with Gasteiger partial charge in [0.2, 0.25) is 0 Å². The molecule has 0 aromatic carbocycles. The van der Waals surface area contributed by atoms with Gasteiger partial charge in [0.05, 0.1) is 12.2 Å².